The minimum absolute atomic E-state index is 0. The maximum Gasteiger partial charge on any atom is 0.0224 e. The van der Waals surface area contributed by atoms with Crippen LogP contribution in [0.4, 0.5) is 0 Å². The number of halogens is 1. The first-order chi connectivity index (χ1) is 3.12. The molecule has 0 amide bonds. The minimum atomic E-state index is 0. The first-order valence-corrected chi connectivity index (χ1v) is 3.60. The Morgan fingerprint density at radius 3 is 1.50 bits per heavy atom. The predicted molar refractivity (Wildman–Crippen MR) is 49.2 cm³/mol. The van der Waals surface area contributed by atoms with Crippen LogP contribution in [0.5, 0.6) is 0 Å². The molecular weight excluding hydrogens is 180 g/mol. The van der Waals surface area contributed by atoms with E-state index < -0.39 is 0 Å². The van der Waals surface area contributed by atoms with Gasteiger partial charge in [0.2, 0.25) is 0 Å². The molecule has 52 valence electrons. The number of alkyl halides is 1. The lowest BCUT2D eigenvalue weighted by molar-refractivity contribution is 0.614. The largest absolute Gasteiger partial charge is 0.0857 e. The molecule has 0 heterocycles. The van der Waals surface area contributed by atoms with E-state index in [-0.39, 0.29) is 11.0 Å². The van der Waals surface area contributed by atoms with Crippen LogP contribution in [0.2, 0.25) is 0 Å². The molecule has 0 nitrogen and oxygen atoms in total. The highest BCUT2D eigenvalue weighted by molar-refractivity contribution is 9.10. The summed E-state index contributed by atoms with van der Waals surface area (Å²) in [5.74, 6) is 0. The molecule has 0 aliphatic rings. The molecule has 0 unspecified atom stereocenters. The van der Waals surface area contributed by atoms with Crippen molar-refractivity contribution in [3.05, 3.63) is 0 Å². The molecule has 0 aliphatic carbocycles. The molecule has 0 bridgehead atoms. The molecule has 0 aromatic rings. The topological polar surface area (TPSA) is 0 Å². The molecule has 0 saturated heterocycles. The summed E-state index contributed by atoms with van der Waals surface area (Å²) in [5, 5.41) is 0. The van der Waals surface area contributed by atoms with E-state index in [1.807, 2.05) is 0 Å². The zero-order valence-electron chi connectivity index (χ0n) is 5.29. The summed E-state index contributed by atoms with van der Waals surface area (Å²) >= 11 is 3.58. The second-order valence-electron chi connectivity index (χ2n) is 2.12. The van der Waals surface area contributed by atoms with Crippen LogP contribution >= 0.6 is 15.9 Å². The second kappa shape index (κ2) is 4.56. The Kier molecular flexibility index (Phi) is 6.55. The van der Waals surface area contributed by atoms with Crippen LogP contribution in [0.3, 0.4) is 0 Å². The fraction of sp³-hybridized carbons (Fsp3) is 1.00. The average molecular weight is 197 g/mol. The van der Waals surface area contributed by atoms with Crippen molar-refractivity contribution in [2.45, 2.75) is 37.9 Å². The van der Waals surface area contributed by atoms with E-state index in [9.17, 15) is 0 Å². The van der Waals surface area contributed by atoms with Gasteiger partial charge in [0.1, 0.15) is 0 Å². The van der Waals surface area contributed by atoms with Crippen molar-refractivity contribution in [2.24, 2.45) is 0 Å². The maximum absolute atomic E-state index is 3.58. The van der Waals surface area contributed by atoms with E-state index in [1.54, 1.807) is 0 Å². The van der Waals surface area contributed by atoms with Gasteiger partial charge in [-0.15, -0.1) is 0 Å². The fourth-order valence-electron chi connectivity index (χ4n) is 0.250. The predicted octanol–water partition coefficient (Wildman–Crippen LogP) is 1.51. The summed E-state index contributed by atoms with van der Waals surface area (Å²) in [6.45, 7) is 6.60. The van der Waals surface area contributed by atoms with Crippen molar-refractivity contribution in [1.29, 1.82) is 0 Å². The van der Waals surface area contributed by atoms with E-state index in [1.165, 1.54) is 12.8 Å². The first-order valence-electron chi connectivity index (χ1n) is 2.81. The van der Waals surface area contributed by atoms with Gasteiger partial charge in [0.25, 0.3) is 0 Å². The summed E-state index contributed by atoms with van der Waals surface area (Å²) < 4.78 is 0.396. The van der Waals surface area contributed by atoms with Gasteiger partial charge in [-0.1, -0.05) is 29.8 Å². The standard InChI is InChI=1S/C6H13Br.H4Si/c1-4-6(3,7)5-2;/h4-5H2,1-3H3;1H4. The summed E-state index contributed by atoms with van der Waals surface area (Å²) in [7, 11) is 0. The lowest BCUT2D eigenvalue weighted by Gasteiger charge is -2.16. The third-order valence-electron chi connectivity index (χ3n) is 1.47. The van der Waals surface area contributed by atoms with Gasteiger partial charge in [-0.05, 0) is 30.7 Å². The van der Waals surface area contributed by atoms with Gasteiger partial charge in [-0.2, -0.15) is 0 Å². The lowest BCUT2D eigenvalue weighted by atomic mass is 10.1. The Hall–Kier alpha value is 0.697. The zero-order valence-corrected chi connectivity index (χ0v) is 6.88. The summed E-state index contributed by atoms with van der Waals surface area (Å²) in [6, 6.07) is 0. The molecule has 0 fully saturated rings. The highest BCUT2D eigenvalue weighted by atomic mass is 79.9. The fourth-order valence-corrected chi connectivity index (χ4v) is 0.250. The summed E-state index contributed by atoms with van der Waals surface area (Å²) in [4.78, 5) is 0. The van der Waals surface area contributed by atoms with Gasteiger partial charge in [0, 0.05) is 4.32 Å². The van der Waals surface area contributed by atoms with Crippen LogP contribution < -0.4 is 0 Å². The highest BCUT2D eigenvalue weighted by Gasteiger charge is 2.12. The SMILES string of the molecule is CCC(C)(Br)CC.[SiH4]. The maximum atomic E-state index is 3.58. The van der Waals surface area contributed by atoms with Gasteiger partial charge in [0.05, 0.1) is 0 Å². The summed E-state index contributed by atoms with van der Waals surface area (Å²) in [6.07, 6.45) is 2.42. The molecule has 8 heavy (non-hydrogen) atoms. The van der Waals surface area contributed by atoms with Crippen LogP contribution in [-0.2, 0) is 0 Å². The van der Waals surface area contributed by atoms with Gasteiger partial charge in [-0.25, -0.2) is 0 Å². The third-order valence-corrected chi connectivity index (χ3v) is 2.60. The molecule has 0 radical (unpaired) electrons. The van der Waals surface area contributed by atoms with Crippen molar-refractivity contribution in [3.63, 3.8) is 0 Å². The Bertz CT molecular complexity index is 46.5. The molecule has 0 N–H and O–H groups in total. The van der Waals surface area contributed by atoms with Crippen LogP contribution in [0.1, 0.15) is 33.6 Å². The molecule has 0 spiro atoms. The Morgan fingerprint density at radius 1 is 1.25 bits per heavy atom. The second-order valence-corrected chi connectivity index (χ2v) is 4.03. The van der Waals surface area contributed by atoms with E-state index in [0.29, 0.717) is 4.32 Å². The molecular formula is C6H17BrSi. The van der Waals surface area contributed by atoms with Crippen molar-refractivity contribution in [3.8, 4) is 0 Å². The van der Waals surface area contributed by atoms with Crippen molar-refractivity contribution in [1.82, 2.24) is 0 Å². The first kappa shape index (κ1) is 11.5. The third kappa shape index (κ3) is 4.85. The smallest absolute Gasteiger partial charge is 0.0224 e. The van der Waals surface area contributed by atoms with Gasteiger partial charge >= 0.3 is 0 Å². The van der Waals surface area contributed by atoms with Crippen molar-refractivity contribution in [2.75, 3.05) is 0 Å². The van der Waals surface area contributed by atoms with Crippen LogP contribution in [-0.4, -0.2) is 15.3 Å². The molecule has 0 rings (SSSR count). The highest BCUT2D eigenvalue weighted by Crippen LogP contribution is 2.24. The van der Waals surface area contributed by atoms with E-state index in [0.717, 1.165) is 0 Å². The monoisotopic (exact) mass is 196 g/mol. The van der Waals surface area contributed by atoms with E-state index in [4.69, 9.17) is 0 Å². The molecule has 2 heteroatoms. The van der Waals surface area contributed by atoms with E-state index in [2.05, 4.69) is 36.7 Å². The van der Waals surface area contributed by atoms with E-state index >= 15 is 0 Å². The van der Waals surface area contributed by atoms with Crippen LogP contribution in [0.25, 0.3) is 0 Å². The molecule has 0 aromatic carbocycles. The molecule has 0 aromatic heterocycles. The van der Waals surface area contributed by atoms with Gasteiger partial charge in [0.15, 0.2) is 0 Å². The molecule has 0 saturated carbocycles. The molecule has 0 atom stereocenters. The Balaban J connectivity index is 0. The molecule has 0 aliphatic heterocycles. The number of hydrogen-bond donors (Lipinski definition) is 0. The normalized spacial score (nSPS) is 10.5. The Labute approximate surface area is 65.2 Å². The number of rotatable bonds is 2. The van der Waals surface area contributed by atoms with Crippen LogP contribution in [0, 0.1) is 0 Å². The van der Waals surface area contributed by atoms with Gasteiger partial charge < -0.3 is 0 Å². The van der Waals surface area contributed by atoms with Crippen molar-refractivity contribution < 1.29 is 0 Å². The quantitative estimate of drug-likeness (QED) is 0.465. The summed E-state index contributed by atoms with van der Waals surface area (Å²) in [5.41, 5.74) is 0. The lowest BCUT2D eigenvalue weighted by Crippen LogP contribution is -2.10. The van der Waals surface area contributed by atoms with Gasteiger partial charge in [-0.3, -0.25) is 0 Å². The minimum Gasteiger partial charge on any atom is -0.0857 e. The van der Waals surface area contributed by atoms with Crippen molar-refractivity contribution >= 4 is 26.9 Å². The Morgan fingerprint density at radius 2 is 1.50 bits per heavy atom. The zero-order chi connectivity index (χ0) is 5.91. The number of hydrogen-bond acceptors (Lipinski definition) is 0. The average Bonchev–Trinajstić information content (AvgIpc) is 1.68. The van der Waals surface area contributed by atoms with Crippen LogP contribution in [0.15, 0.2) is 0 Å².